The number of hydrogen-bond donors (Lipinski definition) is 1. The van der Waals surface area contributed by atoms with E-state index >= 15 is 0 Å². The van der Waals surface area contributed by atoms with E-state index in [1.807, 2.05) is 36.4 Å². The average Bonchev–Trinajstić information content (AvgIpc) is 3.21. The minimum Gasteiger partial charge on any atom is -0.444 e. The molecular formula is C29H30F3N3O4S. The molecule has 1 N–H and O–H groups in total. The summed E-state index contributed by atoms with van der Waals surface area (Å²) in [7, 11) is -1.75. The molecule has 212 valence electrons. The largest absolute Gasteiger partial charge is 0.573 e. The predicted octanol–water partition coefficient (Wildman–Crippen LogP) is 6.56. The first-order valence-electron chi connectivity index (χ1n) is 12.9. The van der Waals surface area contributed by atoms with Crippen LogP contribution < -0.4 is 9.46 Å². The SMILES string of the molecule is CC(C)(C)OC(=O)N1CC(NS(=O)c2ccc(OC(F)(F)F)cc2)CC(n2c3ccccc3c3ccccc32)C1. The van der Waals surface area contributed by atoms with E-state index in [9.17, 15) is 22.2 Å². The zero-order chi connectivity index (χ0) is 28.7. The van der Waals surface area contributed by atoms with Gasteiger partial charge in [-0.3, -0.25) is 0 Å². The molecule has 0 saturated carbocycles. The second-order valence-electron chi connectivity index (χ2n) is 10.8. The second kappa shape index (κ2) is 10.8. The van der Waals surface area contributed by atoms with Crippen molar-refractivity contribution in [2.75, 3.05) is 13.1 Å². The lowest BCUT2D eigenvalue weighted by Crippen LogP contribution is -2.52. The number of nitrogens with zero attached hydrogens (tertiary/aromatic N) is 2. The third-order valence-corrected chi connectivity index (χ3v) is 7.86. The number of nitrogens with one attached hydrogen (secondary N) is 1. The van der Waals surface area contributed by atoms with Crippen LogP contribution in [0.15, 0.2) is 77.7 Å². The maximum absolute atomic E-state index is 13.2. The van der Waals surface area contributed by atoms with Gasteiger partial charge in [0.05, 0.1) is 10.9 Å². The average molecular weight is 574 g/mol. The number of amides is 1. The Morgan fingerprint density at radius 2 is 1.48 bits per heavy atom. The zero-order valence-electron chi connectivity index (χ0n) is 22.3. The Bertz CT molecular complexity index is 1490. The Morgan fingerprint density at radius 3 is 2.02 bits per heavy atom. The van der Waals surface area contributed by atoms with Gasteiger partial charge < -0.3 is 18.9 Å². The monoisotopic (exact) mass is 573 g/mol. The number of ether oxygens (including phenoxy) is 2. The van der Waals surface area contributed by atoms with Crippen molar-refractivity contribution in [3.05, 3.63) is 72.8 Å². The number of halogens is 3. The minimum atomic E-state index is -4.81. The first kappa shape index (κ1) is 28.0. The van der Waals surface area contributed by atoms with Gasteiger partial charge in [0.1, 0.15) is 22.3 Å². The summed E-state index contributed by atoms with van der Waals surface area (Å²) in [6.07, 6.45) is -4.72. The van der Waals surface area contributed by atoms with Gasteiger partial charge in [-0.15, -0.1) is 13.2 Å². The van der Waals surface area contributed by atoms with Gasteiger partial charge in [0.15, 0.2) is 0 Å². The lowest BCUT2D eigenvalue weighted by atomic mass is 10.0. The number of likely N-dealkylation sites (tertiary alicyclic amines) is 1. The Labute approximate surface area is 232 Å². The summed E-state index contributed by atoms with van der Waals surface area (Å²) in [5.41, 5.74) is 1.36. The van der Waals surface area contributed by atoms with Gasteiger partial charge in [-0.1, -0.05) is 36.4 Å². The lowest BCUT2D eigenvalue weighted by molar-refractivity contribution is -0.274. The first-order valence-corrected chi connectivity index (χ1v) is 14.0. The van der Waals surface area contributed by atoms with E-state index < -0.39 is 40.8 Å². The first-order chi connectivity index (χ1) is 18.9. The number of para-hydroxylation sites is 2. The van der Waals surface area contributed by atoms with Crippen LogP contribution in [0, 0.1) is 0 Å². The fraction of sp³-hybridized carbons (Fsp3) is 0.345. The Balaban J connectivity index is 1.45. The molecule has 1 fully saturated rings. The van der Waals surface area contributed by atoms with E-state index in [1.165, 1.54) is 12.1 Å². The Kier molecular flexibility index (Phi) is 7.54. The van der Waals surface area contributed by atoms with E-state index in [1.54, 1.807) is 25.7 Å². The van der Waals surface area contributed by atoms with Crippen LogP contribution in [0.4, 0.5) is 18.0 Å². The van der Waals surface area contributed by atoms with Crippen molar-refractivity contribution >= 4 is 38.9 Å². The molecule has 0 aliphatic carbocycles. The smallest absolute Gasteiger partial charge is 0.444 e. The summed E-state index contributed by atoms with van der Waals surface area (Å²) in [4.78, 5) is 15.1. The number of aromatic nitrogens is 1. The third kappa shape index (κ3) is 6.26. The second-order valence-corrected chi connectivity index (χ2v) is 12.0. The van der Waals surface area contributed by atoms with Crippen molar-refractivity contribution in [3.8, 4) is 5.75 Å². The van der Waals surface area contributed by atoms with Crippen molar-refractivity contribution in [1.82, 2.24) is 14.2 Å². The number of benzene rings is 3. The van der Waals surface area contributed by atoms with Gasteiger partial charge in [-0.05, 0) is 63.6 Å². The molecule has 0 bridgehead atoms. The quantitative estimate of drug-likeness (QED) is 0.294. The van der Waals surface area contributed by atoms with Gasteiger partial charge in [0.2, 0.25) is 0 Å². The third-order valence-electron chi connectivity index (χ3n) is 6.61. The van der Waals surface area contributed by atoms with E-state index in [0.29, 0.717) is 13.0 Å². The lowest BCUT2D eigenvalue weighted by Gasteiger charge is -2.39. The molecule has 2 heterocycles. The number of rotatable bonds is 5. The molecular weight excluding hydrogens is 543 g/mol. The normalized spacial score (nSPS) is 19.1. The van der Waals surface area contributed by atoms with Crippen LogP contribution in [0.3, 0.4) is 0 Å². The van der Waals surface area contributed by atoms with Crippen LogP contribution in [0.2, 0.25) is 0 Å². The molecule has 3 unspecified atom stereocenters. The molecule has 5 rings (SSSR count). The Hall–Kier alpha value is -3.57. The van der Waals surface area contributed by atoms with Crippen LogP contribution in [-0.2, 0) is 15.7 Å². The molecule has 40 heavy (non-hydrogen) atoms. The molecule has 1 aliphatic heterocycles. The topological polar surface area (TPSA) is 72.8 Å². The minimum absolute atomic E-state index is 0.164. The van der Waals surface area contributed by atoms with Crippen molar-refractivity contribution < 1.29 is 31.6 Å². The van der Waals surface area contributed by atoms with Crippen LogP contribution in [-0.4, -0.2) is 50.9 Å². The maximum Gasteiger partial charge on any atom is 0.573 e. The fourth-order valence-electron chi connectivity index (χ4n) is 5.15. The summed E-state index contributed by atoms with van der Waals surface area (Å²) >= 11 is 0. The molecule has 1 aliphatic rings. The zero-order valence-corrected chi connectivity index (χ0v) is 23.1. The van der Waals surface area contributed by atoms with Crippen molar-refractivity contribution in [2.24, 2.45) is 0 Å². The highest BCUT2D eigenvalue weighted by molar-refractivity contribution is 7.83. The number of carbonyl (C=O) groups excluding carboxylic acids is 1. The summed E-state index contributed by atoms with van der Waals surface area (Å²) in [5, 5.41) is 2.20. The van der Waals surface area contributed by atoms with E-state index in [0.717, 1.165) is 33.9 Å². The van der Waals surface area contributed by atoms with Gasteiger partial charge in [0, 0.05) is 40.9 Å². The van der Waals surface area contributed by atoms with E-state index in [4.69, 9.17) is 4.74 Å². The number of hydrogen-bond acceptors (Lipinski definition) is 4. The summed E-state index contributed by atoms with van der Waals surface area (Å²) < 4.78 is 65.7. The van der Waals surface area contributed by atoms with Gasteiger partial charge in [-0.2, -0.15) is 0 Å². The van der Waals surface area contributed by atoms with E-state index in [-0.39, 0.29) is 17.5 Å². The van der Waals surface area contributed by atoms with Gasteiger partial charge in [-0.25, -0.2) is 13.7 Å². The highest BCUT2D eigenvalue weighted by atomic mass is 32.2. The van der Waals surface area contributed by atoms with Crippen LogP contribution in [0.25, 0.3) is 21.8 Å². The molecule has 3 aromatic carbocycles. The molecule has 1 aromatic heterocycles. The number of carbonyl (C=O) groups is 1. The maximum atomic E-state index is 13.2. The fourth-order valence-corrected chi connectivity index (χ4v) is 6.14. The van der Waals surface area contributed by atoms with Gasteiger partial charge >= 0.3 is 12.5 Å². The molecule has 0 spiro atoms. The number of alkyl halides is 3. The summed E-state index contributed by atoms with van der Waals surface area (Å²) in [5.74, 6) is -0.395. The standard InChI is InChI=1S/C29H30F3N3O4S/c1-28(2,3)39-27(36)34-17-19(33-40(37)22-14-12-21(13-15-22)38-29(30,31)32)16-20(18-34)35-25-10-6-4-8-23(25)24-9-5-7-11-26(24)35/h4-15,19-20,33H,16-18H2,1-3H3. The summed E-state index contributed by atoms with van der Waals surface area (Å²) in [6.45, 7) is 6.05. The molecule has 11 heteroatoms. The molecule has 7 nitrogen and oxygen atoms in total. The van der Waals surface area contributed by atoms with Crippen molar-refractivity contribution in [3.63, 3.8) is 0 Å². The summed E-state index contributed by atoms with van der Waals surface area (Å²) in [6, 6.07) is 20.5. The molecule has 1 saturated heterocycles. The van der Waals surface area contributed by atoms with Crippen LogP contribution in [0.1, 0.15) is 33.2 Å². The van der Waals surface area contributed by atoms with Crippen molar-refractivity contribution in [2.45, 2.75) is 56.1 Å². The molecule has 0 radical (unpaired) electrons. The van der Waals surface area contributed by atoms with Crippen molar-refractivity contribution in [1.29, 1.82) is 0 Å². The Morgan fingerprint density at radius 1 is 0.900 bits per heavy atom. The van der Waals surface area contributed by atoms with Crippen LogP contribution in [0.5, 0.6) is 5.75 Å². The molecule has 3 atom stereocenters. The molecule has 1 amide bonds. The predicted molar refractivity (Wildman–Crippen MR) is 147 cm³/mol. The van der Waals surface area contributed by atoms with Crippen LogP contribution >= 0.6 is 0 Å². The molecule has 4 aromatic rings. The highest BCUT2D eigenvalue weighted by Gasteiger charge is 2.35. The number of piperidine rings is 1. The highest BCUT2D eigenvalue weighted by Crippen LogP contribution is 2.35. The van der Waals surface area contributed by atoms with Gasteiger partial charge in [0.25, 0.3) is 0 Å². The number of fused-ring (bicyclic) bond motifs is 3. The van der Waals surface area contributed by atoms with E-state index in [2.05, 4.69) is 26.2 Å².